The number of nitrogens with two attached hydrogens (primary N) is 1. The average Bonchev–Trinajstić information content (AvgIpc) is 3.06. The Morgan fingerprint density at radius 3 is 2.24 bits per heavy atom. The number of imide groups is 1. The number of nitrogens with zero attached hydrogens (tertiary/aromatic N) is 2. The first-order valence-corrected chi connectivity index (χ1v) is 11.8. The molecule has 1 saturated heterocycles. The fourth-order valence-electron chi connectivity index (χ4n) is 4.22. The van der Waals surface area contributed by atoms with Crippen molar-refractivity contribution in [2.45, 2.75) is 64.2 Å². The Hall–Kier alpha value is -3.19. The smallest absolute Gasteiger partial charge is 0.328 e. The second kappa shape index (κ2) is 12.2. The summed E-state index contributed by atoms with van der Waals surface area (Å²) in [5.41, 5.74) is 7.55. The van der Waals surface area contributed by atoms with Crippen LogP contribution in [0.3, 0.4) is 0 Å². The minimum Gasteiger partial charge on any atom is -0.350 e. The van der Waals surface area contributed by atoms with E-state index in [1.54, 1.807) is 4.90 Å². The van der Waals surface area contributed by atoms with Crippen molar-refractivity contribution in [3.8, 4) is 0 Å². The number of amides is 4. The summed E-state index contributed by atoms with van der Waals surface area (Å²) < 4.78 is 0. The molecular formula is C26H34N4O3. The highest BCUT2D eigenvalue weighted by Crippen LogP contribution is 2.27. The Morgan fingerprint density at radius 2 is 1.64 bits per heavy atom. The zero-order valence-electron chi connectivity index (χ0n) is 19.3. The molecule has 2 atom stereocenters. The van der Waals surface area contributed by atoms with Crippen LogP contribution < -0.4 is 11.1 Å². The third kappa shape index (κ3) is 6.20. The zero-order chi connectivity index (χ0) is 23.6. The topological polar surface area (TPSA) is 95.7 Å². The first kappa shape index (κ1) is 24.5. The van der Waals surface area contributed by atoms with E-state index in [-0.39, 0.29) is 11.8 Å². The maximum Gasteiger partial charge on any atom is 0.328 e. The van der Waals surface area contributed by atoms with E-state index in [1.807, 2.05) is 67.6 Å². The van der Waals surface area contributed by atoms with E-state index in [2.05, 4.69) is 5.32 Å². The summed E-state index contributed by atoms with van der Waals surface area (Å²) >= 11 is 0. The second-order valence-corrected chi connectivity index (χ2v) is 8.41. The van der Waals surface area contributed by atoms with E-state index in [9.17, 15) is 14.4 Å². The molecule has 7 nitrogen and oxygen atoms in total. The van der Waals surface area contributed by atoms with Gasteiger partial charge in [-0.25, -0.2) is 9.69 Å². The van der Waals surface area contributed by atoms with Crippen LogP contribution >= 0.6 is 0 Å². The molecule has 176 valence electrons. The predicted molar refractivity (Wildman–Crippen MR) is 128 cm³/mol. The lowest BCUT2D eigenvalue weighted by atomic mass is 10.1. The van der Waals surface area contributed by atoms with Crippen LogP contribution in [0.2, 0.25) is 0 Å². The summed E-state index contributed by atoms with van der Waals surface area (Å²) in [4.78, 5) is 42.9. The van der Waals surface area contributed by atoms with Crippen molar-refractivity contribution < 1.29 is 14.4 Å². The number of unbranched alkanes of at least 4 members (excludes halogenated alkanes) is 1. The molecule has 0 aromatic heterocycles. The molecule has 1 heterocycles. The van der Waals surface area contributed by atoms with Gasteiger partial charge in [-0.15, -0.1) is 0 Å². The largest absolute Gasteiger partial charge is 0.350 e. The molecule has 2 aromatic carbocycles. The van der Waals surface area contributed by atoms with E-state index < -0.39 is 18.1 Å². The Bertz CT molecular complexity index is 920. The summed E-state index contributed by atoms with van der Waals surface area (Å²) in [7, 11) is 0. The van der Waals surface area contributed by atoms with Gasteiger partial charge in [-0.3, -0.25) is 9.59 Å². The first-order valence-electron chi connectivity index (χ1n) is 11.8. The number of carbonyl (C=O) groups excluding carboxylic acids is 3. The van der Waals surface area contributed by atoms with Crippen molar-refractivity contribution in [3.05, 3.63) is 71.8 Å². The van der Waals surface area contributed by atoms with Crippen molar-refractivity contribution >= 4 is 17.8 Å². The third-order valence-corrected chi connectivity index (χ3v) is 5.96. The number of nitrogens with one attached hydrogen (secondary N) is 1. The van der Waals surface area contributed by atoms with Crippen LogP contribution in [0.5, 0.6) is 0 Å². The van der Waals surface area contributed by atoms with E-state index in [0.717, 1.165) is 24.0 Å². The Balaban J connectivity index is 1.80. The highest BCUT2D eigenvalue weighted by atomic mass is 16.2. The van der Waals surface area contributed by atoms with Gasteiger partial charge in [0.1, 0.15) is 12.1 Å². The summed E-state index contributed by atoms with van der Waals surface area (Å²) in [5, 5.41) is 2.91. The highest BCUT2D eigenvalue weighted by molar-refractivity contribution is 6.07. The van der Waals surface area contributed by atoms with E-state index >= 15 is 0 Å². The average molecular weight is 451 g/mol. The number of benzene rings is 2. The fourth-order valence-corrected chi connectivity index (χ4v) is 4.22. The quantitative estimate of drug-likeness (QED) is 0.382. The third-order valence-electron chi connectivity index (χ3n) is 5.96. The molecule has 0 radical (unpaired) electrons. The molecule has 7 heteroatoms. The van der Waals surface area contributed by atoms with Crippen molar-refractivity contribution in [3.63, 3.8) is 0 Å². The molecular weight excluding hydrogens is 416 g/mol. The zero-order valence-corrected chi connectivity index (χ0v) is 19.3. The van der Waals surface area contributed by atoms with Gasteiger partial charge in [0, 0.05) is 13.1 Å². The van der Waals surface area contributed by atoms with E-state index in [0.29, 0.717) is 38.9 Å². The van der Waals surface area contributed by atoms with Crippen LogP contribution in [-0.2, 0) is 22.7 Å². The molecule has 0 aliphatic carbocycles. The Kier molecular flexibility index (Phi) is 9.01. The number of carbonyl (C=O) groups is 3. The van der Waals surface area contributed by atoms with Gasteiger partial charge in [-0.05, 0) is 43.4 Å². The maximum atomic E-state index is 13.5. The predicted octanol–water partition coefficient (Wildman–Crippen LogP) is 3.43. The lowest BCUT2D eigenvalue weighted by Crippen LogP contribution is -2.50. The van der Waals surface area contributed by atoms with Crippen LogP contribution in [0.4, 0.5) is 4.79 Å². The number of urea groups is 1. The molecule has 1 aliphatic rings. The number of hydrogen-bond acceptors (Lipinski definition) is 4. The molecule has 0 unspecified atom stereocenters. The van der Waals surface area contributed by atoms with Gasteiger partial charge in [-0.2, -0.15) is 0 Å². The lowest BCUT2D eigenvalue weighted by Gasteiger charge is -2.25. The monoisotopic (exact) mass is 450 g/mol. The number of rotatable bonds is 12. The molecule has 2 aromatic rings. The van der Waals surface area contributed by atoms with Gasteiger partial charge >= 0.3 is 6.03 Å². The Morgan fingerprint density at radius 1 is 1.00 bits per heavy atom. The summed E-state index contributed by atoms with van der Waals surface area (Å²) in [6.45, 7) is 3.17. The fraction of sp³-hybridized carbons (Fsp3) is 0.423. The molecule has 33 heavy (non-hydrogen) atoms. The van der Waals surface area contributed by atoms with Gasteiger partial charge in [0.15, 0.2) is 0 Å². The van der Waals surface area contributed by atoms with E-state index in [4.69, 9.17) is 5.73 Å². The summed E-state index contributed by atoms with van der Waals surface area (Å²) in [5.74, 6) is -0.592. The van der Waals surface area contributed by atoms with Gasteiger partial charge in [0.25, 0.3) is 5.91 Å². The van der Waals surface area contributed by atoms with Crippen LogP contribution in [0, 0.1) is 0 Å². The van der Waals surface area contributed by atoms with Crippen LogP contribution in [0.15, 0.2) is 60.7 Å². The Labute approximate surface area is 195 Å². The van der Waals surface area contributed by atoms with Crippen LogP contribution in [0.25, 0.3) is 0 Å². The highest BCUT2D eigenvalue weighted by Gasteiger charge is 2.49. The summed E-state index contributed by atoms with van der Waals surface area (Å²) in [6, 6.07) is 17.4. The van der Waals surface area contributed by atoms with Crippen molar-refractivity contribution in [1.29, 1.82) is 0 Å². The molecule has 3 N–H and O–H groups in total. The molecule has 1 fully saturated rings. The molecule has 4 amide bonds. The summed E-state index contributed by atoms with van der Waals surface area (Å²) in [6.07, 6.45) is 3.17. The molecule has 0 spiro atoms. The first-order chi connectivity index (χ1) is 16.1. The molecule has 0 saturated carbocycles. The van der Waals surface area contributed by atoms with Crippen molar-refractivity contribution in [1.82, 2.24) is 15.1 Å². The molecule has 0 bridgehead atoms. The standard InChI is InChI=1S/C26H34N4O3/c1-2-11-22(24(31)28-18-20-12-5-3-6-13-20)30-25(32)23(16-9-10-17-27)29(26(30)33)19-21-14-7-4-8-15-21/h3-8,12-15,22-23H,2,9-11,16-19,27H2,1H3,(H,28,31)/t22-,23+/m1/s1. The van der Waals surface area contributed by atoms with Gasteiger partial charge < -0.3 is 16.0 Å². The lowest BCUT2D eigenvalue weighted by molar-refractivity contribution is -0.136. The van der Waals surface area contributed by atoms with Gasteiger partial charge in [0.05, 0.1) is 0 Å². The molecule has 1 aliphatic heterocycles. The van der Waals surface area contributed by atoms with E-state index in [1.165, 1.54) is 4.90 Å². The SMILES string of the molecule is CCC[C@H](C(=O)NCc1ccccc1)N1C(=O)[C@H](CCCCN)N(Cc2ccccc2)C1=O. The van der Waals surface area contributed by atoms with Crippen molar-refractivity contribution in [2.75, 3.05) is 6.54 Å². The minimum absolute atomic E-state index is 0.290. The molecule has 3 rings (SSSR count). The van der Waals surface area contributed by atoms with Gasteiger partial charge in [0.2, 0.25) is 5.91 Å². The number of hydrogen-bond donors (Lipinski definition) is 2. The van der Waals surface area contributed by atoms with Gasteiger partial charge in [-0.1, -0.05) is 74.0 Å². The van der Waals surface area contributed by atoms with Crippen LogP contribution in [0.1, 0.15) is 50.2 Å². The maximum absolute atomic E-state index is 13.5. The minimum atomic E-state index is -0.823. The van der Waals surface area contributed by atoms with Crippen LogP contribution in [-0.4, -0.2) is 46.3 Å². The second-order valence-electron chi connectivity index (χ2n) is 8.41. The van der Waals surface area contributed by atoms with Crippen molar-refractivity contribution in [2.24, 2.45) is 5.73 Å². The normalized spacial score (nSPS) is 16.8.